The predicted octanol–water partition coefficient (Wildman–Crippen LogP) is 4.11. The van der Waals surface area contributed by atoms with Crippen molar-refractivity contribution in [2.75, 3.05) is 45.9 Å². The fourth-order valence-corrected chi connectivity index (χ4v) is 4.77. The van der Waals surface area contributed by atoms with Crippen molar-refractivity contribution in [3.05, 3.63) is 46.2 Å². The molecular formula is C24H33ClN4O2. The summed E-state index contributed by atoms with van der Waals surface area (Å²) in [6.45, 7) is 10.6. The van der Waals surface area contributed by atoms with E-state index in [4.69, 9.17) is 16.3 Å². The van der Waals surface area contributed by atoms with Gasteiger partial charge in [0.15, 0.2) is 0 Å². The van der Waals surface area contributed by atoms with Gasteiger partial charge in [-0.05, 0) is 76.3 Å². The van der Waals surface area contributed by atoms with Gasteiger partial charge in [0.2, 0.25) is 0 Å². The second kappa shape index (κ2) is 10.2. The van der Waals surface area contributed by atoms with Crippen LogP contribution in [0.5, 0.6) is 0 Å². The molecule has 31 heavy (non-hydrogen) atoms. The lowest BCUT2D eigenvalue weighted by Crippen LogP contribution is -2.39. The van der Waals surface area contributed by atoms with Crippen molar-refractivity contribution in [1.29, 1.82) is 0 Å². The van der Waals surface area contributed by atoms with Crippen LogP contribution in [0.2, 0.25) is 5.02 Å². The SMILES string of the molecule is Cc1nn(-c2ccc(C(=O)N3CCC(CCCN4CCOCC4)CC3)cc2)c(C)c1Cl. The van der Waals surface area contributed by atoms with Crippen molar-refractivity contribution in [1.82, 2.24) is 19.6 Å². The minimum Gasteiger partial charge on any atom is -0.379 e. The molecule has 0 unspecified atom stereocenters. The lowest BCUT2D eigenvalue weighted by molar-refractivity contribution is 0.0361. The van der Waals surface area contributed by atoms with E-state index in [9.17, 15) is 4.79 Å². The van der Waals surface area contributed by atoms with Crippen molar-refractivity contribution < 1.29 is 9.53 Å². The first-order valence-electron chi connectivity index (χ1n) is 11.4. The van der Waals surface area contributed by atoms with Gasteiger partial charge in [0.25, 0.3) is 5.91 Å². The number of likely N-dealkylation sites (tertiary alicyclic amines) is 1. The standard InChI is InChI=1S/C24H33ClN4O2/c1-18-23(25)19(2)29(26-18)22-7-5-21(6-8-22)24(30)28-12-9-20(10-13-28)4-3-11-27-14-16-31-17-15-27/h5-8,20H,3-4,9-17H2,1-2H3. The molecule has 2 fully saturated rings. The molecule has 2 aliphatic heterocycles. The van der Waals surface area contributed by atoms with E-state index in [0.717, 1.165) is 80.8 Å². The molecule has 7 heteroatoms. The molecule has 0 bridgehead atoms. The second-order valence-corrected chi connectivity index (χ2v) is 9.15. The number of aryl methyl sites for hydroxylation is 1. The van der Waals surface area contributed by atoms with E-state index in [-0.39, 0.29) is 5.91 Å². The van der Waals surface area contributed by atoms with Crippen LogP contribution >= 0.6 is 11.6 Å². The molecule has 3 heterocycles. The van der Waals surface area contributed by atoms with Gasteiger partial charge in [0.1, 0.15) is 0 Å². The molecule has 4 rings (SSSR count). The van der Waals surface area contributed by atoms with Gasteiger partial charge in [-0.15, -0.1) is 0 Å². The molecule has 168 valence electrons. The summed E-state index contributed by atoms with van der Waals surface area (Å²) in [5, 5.41) is 5.18. The topological polar surface area (TPSA) is 50.6 Å². The number of rotatable bonds is 6. The third-order valence-electron chi connectivity index (χ3n) is 6.65. The van der Waals surface area contributed by atoms with Crippen LogP contribution in [-0.4, -0.2) is 71.4 Å². The zero-order valence-corrected chi connectivity index (χ0v) is 19.4. The van der Waals surface area contributed by atoms with Gasteiger partial charge in [-0.1, -0.05) is 11.6 Å². The lowest BCUT2D eigenvalue weighted by Gasteiger charge is -2.33. The minimum atomic E-state index is 0.129. The van der Waals surface area contributed by atoms with Crippen molar-refractivity contribution >= 4 is 17.5 Å². The Kier molecular flexibility index (Phi) is 7.31. The molecule has 0 spiro atoms. The average molecular weight is 445 g/mol. The Labute approximate surface area is 190 Å². The van der Waals surface area contributed by atoms with Crippen LogP contribution in [0.25, 0.3) is 5.69 Å². The Morgan fingerprint density at radius 1 is 1.10 bits per heavy atom. The summed E-state index contributed by atoms with van der Waals surface area (Å²) in [4.78, 5) is 17.5. The first-order chi connectivity index (χ1) is 15.0. The quantitative estimate of drug-likeness (QED) is 0.672. The van der Waals surface area contributed by atoms with Gasteiger partial charge in [0, 0.05) is 31.7 Å². The zero-order chi connectivity index (χ0) is 21.8. The number of aromatic nitrogens is 2. The number of hydrogen-bond acceptors (Lipinski definition) is 4. The number of halogens is 1. The summed E-state index contributed by atoms with van der Waals surface area (Å²) in [5.41, 5.74) is 3.38. The van der Waals surface area contributed by atoms with Gasteiger partial charge in [-0.3, -0.25) is 9.69 Å². The normalized spacial score (nSPS) is 18.5. The van der Waals surface area contributed by atoms with E-state index < -0.39 is 0 Å². The monoisotopic (exact) mass is 444 g/mol. The molecule has 1 aromatic carbocycles. The van der Waals surface area contributed by atoms with Crippen LogP contribution in [0.15, 0.2) is 24.3 Å². The molecule has 1 amide bonds. The highest BCUT2D eigenvalue weighted by Crippen LogP contribution is 2.25. The molecule has 6 nitrogen and oxygen atoms in total. The highest BCUT2D eigenvalue weighted by molar-refractivity contribution is 6.31. The van der Waals surface area contributed by atoms with Crippen LogP contribution in [0.1, 0.15) is 47.4 Å². The highest BCUT2D eigenvalue weighted by atomic mass is 35.5. The van der Waals surface area contributed by atoms with E-state index in [1.54, 1.807) is 0 Å². The Morgan fingerprint density at radius 3 is 2.39 bits per heavy atom. The third kappa shape index (κ3) is 5.30. The first-order valence-corrected chi connectivity index (χ1v) is 11.8. The van der Waals surface area contributed by atoms with Crippen molar-refractivity contribution in [3.8, 4) is 5.69 Å². The van der Waals surface area contributed by atoms with Crippen LogP contribution in [-0.2, 0) is 4.74 Å². The smallest absolute Gasteiger partial charge is 0.253 e. The summed E-state index contributed by atoms with van der Waals surface area (Å²) < 4.78 is 7.25. The molecular weight excluding hydrogens is 412 g/mol. The fraction of sp³-hybridized carbons (Fsp3) is 0.583. The van der Waals surface area contributed by atoms with Crippen LogP contribution in [0.4, 0.5) is 0 Å². The van der Waals surface area contributed by atoms with Crippen LogP contribution in [0.3, 0.4) is 0 Å². The summed E-state index contributed by atoms with van der Waals surface area (Å²) in [5.74, 6) is 0.868. The Morgan fingerprint density at radius 2 is 1.77 bits per heavy atom. The number of carbonyl (C=O) groups is 1. The number of ether oxygens (including phenoxy) is 1. The summed E-state index contributed by atoms with van der Waals surface area (Å²) in [6, 6.07) is 7.69. The largest absolute Gasteiger partial charge is 0.379 e. The van der Waals surface area contributed by atoms with Crippen molar-refractivity contribution in [2.24, 2.45) is 5.92 Å². The predicted molar refractivity (Wildman–Crippen MR) is 123 cm³/mol. The summed E-state index contributed by atoms with van der Waals surface area (Å²) in [6.07, 6.45) is 4.73. The highest BCUT2D eigenvalue weighted by Gasteiger charge is 2.24. The lowest BCUT2D eigenvalue weighted by atomic mass is 9.91. The van der Waals surface area contributed by atoms with Crippen LogP contribution in [0, 0.1) is 19.8 Å². The van der Waals surface area contributed by atoms with E-state index in [1.165, 1.54) is 19.4 Å². The maximum absolute atomic E-state index is 13.0. The molecule has 2 saturated heterocycles. The molecule has 1 aromatic heterocycles. The van der Waals surface area contributed by atoms with E-state index in [1.807, 2.05) is 47.7 Å². The molecule has 0 atom stereocenters. The number of amides is 1. The van der Waals surface area contributed by atoms with Gasteiger partial charge in [-0.2, -0.15) is 5.10 Å². The van der Waals surface area contributed by atoms with Crippen molar-refractivity contribution in [2.45, 2.75) is 39.5 Å². The molecule has 2 aliphatic rings. The Hall–Kier alpha value is -1.89. The molecule has 0 saturated carbocycles. The maximum atomic E-state index is 13.0. The number of hydrogen-bond donors (Lipinski definition) is 0. The van der Waals surface area contributed by atoms with Gasteiger partial charge < -0.3 is 9.64 Å². The summed E-state index contributed by atoms with van der Waals surface area (Å²) in [7, 11) is 0. The first kappa shape index (κ1) is 22.3. The number of piperidine rings is 1. The molecule has 0 aliphatic carbocycles. The zero-order valence-electron chi connectivity index (χ0n) is 18.6. The van der Waals surface area contributed by atoms with Gasteiger partial charge >= 0.3 is 0 Å². The number of carbonyl (C=O) groups excluding carboxylic acids is 1. The Bertz CT molecular complexity index is 882. The van der Waals surface area contributed by atoms with Crippen molar-refractivity contribution in [3.63, 3.8) is 0 Å². The maximum Gasteiger partial charge on any atom is 0.253 e. The van der Waals surface area contributed by atoms with E-state index in [0.29, 0.717) is 5.02 Å². The summed E-state index contributed by atoms with van der Waals surface area (Å²) >= 11 is 6.26. The van der Waals surface area contributed by atoms with Gasteiger partial charge in [0.05, 0.1) is 35.3 Å². The number of nitrogens with zero attached hydrogens (tertiary/aromatic N) is 4. The minimum absolute atomic E-state index is 0.129. The van der Waals surface area contributed by atoms with E-state index in [2.05, 4.69) is 10.00 Å². The van der Waals surface area contributed by atoms with Crippen LogP contribution < -0.4 is 0 Å². The van der Waals surface area contributed by atoms with E-state index >= 15 is 0 Å². The fourth-order valence-electron chi connectivity index (χ4n) is 4.66. The third-order valence-corrected chi connectivity index (χ3v) is 7.20. The average Bonchev–Trinajstić information content (AvgIpc) is 3.07. The second-order valence-electron chi connectivity index (χ2n) is 8.78. The van der Waals surface area contributed by atoms with Gasteiger partial charge in [-0.25, -0.2) is 4.68 Å². The number of morpholine rings is 1. The molecule has 0 radical (unpaired) electrons. The number of benzene rings is 1. The molecule has 2 aromatic rings. The molecule has 0 N–H and O–H groups in total. The Balaban J connectivity index is 1.26.